The van der Waals surface area contributed by atoms with E-state index in [1.807, 2.05) is 6.92 Å². The van der Waals surface area contributed by atoms with Gasteiger partial charge in [-0.3, -0.25) is 0 Å². The van der Waals surface area contributed by atoms with Crippen molar-refractivity contribution in [1.29, 1.82) is 0 Å². The minimum Gasteiger partial charge on any atom is -0.465 e. The Morgan fingerprint density at radius 3 is 2.65 bits per heavy atom. The van der Waals surface area contributed by atoms with Crippen LogP contribution in [0, 0.1) is 12.8 Å². The summed E-state index contributed by atoms with van der Waals surface area (Å²) in [6.45, 7) is 5.25. The molecule has 4 aromatic rings. The van der Waals surface area contributed by atoms with Gasteiger partial charge in [-0.1, -0.05) is 78.9 Å². The van der Waals surface area contributed by atoms with E-state index in [2.05, 4.69) is 97.2 Å². The average Bonchev–Trinajstić information content (AvgIpc) is 2.94. The molecule has 0 amide bonds. The van der Waals surface area contributed by atoms with Gasteiger partial charge in [0.15, 0.2) is 0 Å². The van der Waals surface area contributed by atoms with Crippen molar-refractivity contribution in [1.82, 2.24) is 5.32 Å². The SMILES string of the molecule is COC(=O)c1cc(C2C[C@H](CCCN[C@H](C)c3cccc4ccccc34)Cc3ccccc32)ccc1C. The van der Waals surface area contributed by atoms with Crippen molar-refractivity contribution in [2.45, 2.75) is 51.5 Å². The van der Waals surface area contributed by atoms with Crippen LogP contribution in [-0.4, -0.2) is 19.6 Å². The molecule has 0 saturated carbocycles. The van der Waals surface area contributed by atoms with Gasteiger partial charge >= 0.3 is 5.97 Å². The summed E-state index contributed by atoms with van der Waals surface area (Å²) in [7, 11) is 1.45. The van der Waals surface area contributed by atoms with Gasteiger partial charge in [0.25, 0.3) is 0 Å². The molecule has 1 unspecified atom stereocenters. The molecule has 1 N–H and O–H groups in total. The van der Waals surface area contributed by atoms with Crippen molar-refractivity contribution in [2.24, 2.45) is 5.92 Å². The zero-order valence-corrected chi connectivity index (χ0v) is 22.2. The van der Waals surface area contributed by atoms with Gasteiger partial charge in [0, 0.05) is 12.0 Å². The lowest BCUT2D eigenvalue weighted by atomic mass is 9.72. The van der Waals surface area contributed by atoms with Crippen LogP contribution < -0.4 is 5.32 Å². The normalized spacial score (nSPS) is 17.8. The Kier molecular flexibility index (Phi) is 7.71. The maximum absolute atomic E-state index is 12.4. The van der Waals surface area contributed by atoms with Crippen molar-refractivity contribution < 1.29 is 9.53 Å². The predicted octanol–water partition coefficient (Wildman–Crippen LogP) is 7.76. The molecule has 3 nitrogen and oxygen atoms in total. The first kappa shape index (κ1) is 25.2. The molecule has 0 aliphatic heterocycles. The second kappa shape index (κ2) is 11.3. The molecule has 0 aromatic heterocycles. The molecule has 0 saturated heterocycles. The van der Waals surface area contributed by atoms with Crippen molar-refractivity contribution in [3.63, 3.8) is 0 Å². The number of fused-ring (bicyclic) bond motifs is 2. The Bertz CT molecular complexity index is 1390. The molecule has 0 radical (unpaired) electrons. The van der Waals surface area contributed by atoms with Crippen LogP contribution in [-0.2, 0) is 11.2 Å². The van der Waals surface area contributed by atoms with Crippen LogP contribution in [0.25, 0.3) is 10.8 Å². The second-order valence-electron chi connectivity index (χ2n) is 10.5. The maximum atomic E-state index is 12.4. The summed E-state index contributed by atoms with van der Waals surface area (Å²) in [6, 6.07) is 30.7. The Labute approximate surface area is 220 Å². The van der Waals surface area contributed by atoms with E-state index < -0.39 is 0 Å². The summed E-state index contributed by atoms with van der Waals surface area (Å²) in [5.74, 6) is 0.672. The number of hydrogen-bond donors (Lipinski definition) is 1. The Morgan fingerprint density at radius 1 is 1.00 bits per heavy atom. The molecule has 190 valence electrons. The van der Waals surface area contributed by atoms with E-state index in [9.17, 15) is 4.79 Å². The first-order chi connectivity index (χ1) is 18.0. The number of methoxy groups -OCH3 is 1. The van der Waals surface area contributed by atoms with Crippen LogP contribution in [0.15, 0.2) is 84.9 Å². The minimum absolute atomic E-state index is 0.258. The van der Waals surface area contributed by atoms with E-state index in [0.717, 1.165) is 31.4 Å². The highest BCUT2D eigenvalue weighted by Gasteiger charge is 2.28. The summed E-state index contributed by atoms with van der Waals surface area (Å²) in [5, 5.41) is 6.41. The molecule has 0 spiro atoms. The highest BCUT2D eigenvalue weighted by molar-refractivity contribution is 5.91. The third-order valence-electron chi connectivity index (χ3n) is 8.11. The molecule has 1 aliphatic rings. The van der Waals surface area contributed by atoms with Gasteiger partial charge < -0.3 is 10.1 Å². The number of carbonyl (C=O) groups excluding carboxylic acids is 1. The van der Waals surface area contributed by atoms with E-state index in [1.165, 1.54) is 46.6 Å². The molecular weight excluding hydrogens is 454 g/mol. The smallest absolute Gasteiger partial charge is 0.338 e. The standard InChI is InChI=1S/C34H37NO2/c1-23-17-18-28(22-32(23)34(36)37-3)33-21-25(20-27-12-5-7-15-31(27)33)10-9-19-35-24(2)29-16-8-13-26-11-4-6-14-30(26)29/h4-8,11-18,22,24-25,33,35H,9-10,19-21H2,1-3H3/t24-,25-,33?/m1/s1. The molecule has 3 heteroatoms. The largest absolute Gasteiger partial charge is 0.465 e. The molecule has 37 heavy (non-hydrogen) atoms. The Hall–Kier alpha value is -3.43. The molecule has 1 aliphatic carbocycles. The highest BCUT2D eigenvalue weighted by Crippen LogP contribution is 2.41. The summed E-state index contributed by atoms with van der Waals surface area (Å²) in [4.78, 5) is 12.4. The van der Waals surface area contributed by atoms with Crippen molar-refractivity contribution in [3.05, 3.63) is 118 Å². The van der Waals surface area contributed by atoms with Gasteiger partial charge in [-0.15, -0.1) is 0 Å². The van der Waals surface area contributed by atoms with Gasteiger partial charge in [0.05, 0.1) is 12.7 Å². The quantitative estimate of drug-likeness (QED) is 0.202. The molecule has 0 heterocycles. The lowest BCUT2D eigenvalue weighted by molar-refractivity contribution is 0.0599. The first-order valence-electron chi connectivity index (χ1n) is 13.5. The van der Waals surface area contributed by atoms with Gasteiger partial charge in [-0.05, 0) is 96.6 Å². The zero-order valence-electron chi connectivity index (χ0n) is 22.2. The molecule has 5 rings (SSSR count). The number of ether oxygens (including phenoxy) is 1. The summed E-state index contributed by atoms with van der Waals surface area (Å²) in [6.07, 6.45) is 4.58. The van der Waals surface area contributed by atoms with Crippen molar-refractivity contribution >= 4 is 16.7 Å². The van der Waals surface area contributed by atoms with Crippen LogP contribution in [0.4, 0.5) is 0 Å². The number of carbonyl (C=O) groups is 1. The first-order valence-corrected chi connectivity index (χ1v) is 13.5. The van der Waals surface area contributed by atoms with E-state index in [4.69, 9.17) is 4.74 Å². The molecule has 0 fully saturated rings. The van der Waals surface area contributed by atoms with Crippen LogP contribution in [0.3, 0.4) is 0 Å². The number of benzene rings is 4. The molecular formula is C34H37NO2. The van der Waals surface area contributed by atoms with Gasteiger partial charge in [-0.2, -0.15) is 0 Å². The molecule has 3 atom stereocenters. The van der Waals surface area contributed by atoms with Crippen LogP contribution in [0.2, 0.25) is 0 Å². The van der Waals surface area contributed by atoms with E-state index in [-0.39, 0.29) is 5.97 Å². The lowest BCUT2D eigenvalue weighted by Gasteiger charge is -2.32. The predicted molar refractivity (Wildman–Crippen MR) is 152 cm³/mol. The van der Waals surface area contributed by atoms with Crippen molar-refractivity contribution in [2.75, 3.05) is 13.7 Å². The summed E-state index contributed by atoms with van der Waals surface area (Å²) < 4.78 is 5.04. The average molecular weight is 492 g/mol. The molecule has 4 aromatic carbocycles. The van der Waals surface area contributed by atoms with Crippen LogP contribution in [0.5, 0.6) is 0 Å². The number of esters is 1. The lowest BCUT2D eigenvalue weighted by Crippen LogP contribution is -2.23. The highest BCUT2D eigenvalue weighted by atomic mass is 16.5. The van der Waals surface area contributed by atoms with Crippen LogP contribution >= 0.6 is 0 Å². The van der Waals surface area contributed by atoms with Gasteiger partial charge in [0.1, 0.15) is 0 Å². The Balaban J connectivity index is 1.26. The number of nitrogens with one attached hydrogen (secondary N) is 1. The van der Waals surface area contributed by atoms with Crippen molar-refractivity contribution in [3.8, 4) is 0 Å². The fourth-order valence-electron chi connectivity index (χ4n) is 6.08. The maximum Gasteiger partial charge on any atom is 0.338 e. The van der Waals surface area contributed by atoms with Gasteiger partial charge in [-0.25, -0.2) is 4.79 Å². The van der Waals surface area contributed by atoms with E-state index in [0.29, 0.717) is 23.4 Å². The molecule has 0 bridgehead atoms. The second-order valence-corrected chi connectivity index (χ2v) is 10.5. The summed E-state index contributed by atoms with van der Waals surface area (Å²) in [5.41, 5.74) is 7.06. The zero-order chi connectivity index (χ0) is 25.8. The minimum atomic E-state index is -0.258. The summed E-state index contributed by atoms with van der Waals surface area (Å²) >= 11 is 0. The fourth-order valence-corrected chi connectivity index (χ4v) is 6.08. The number of rotatable bonds is 8. The third kappa shape index (κ3) is 5.47. The van der Waals surface area contributed by atoms with Crippen LogP contribution in [0.1, 0.15) is 76.3 Å². The Morgan fingerprint density at radius 2 is 1.78 bits per heavy atom. The van der Waals surface area contributed by atoms with Gasteiger partial charge in [0.2, 0.25) is 0 Å². The number of hydrogen-bond acceptors (Lipinski definition) is 3. The topological polar surface area (TPSA) is 38.3 Å². The van der Waals surface area contributed by atoms with E-state index >= 15 is 0 Å². The van der Waals surface area contributed by atoms with E-state index in [1.54, 1.807) is 0 Å². The third-order valence-corrected chi connectivity index (χ3v) is 8.11. The monoisotopic (exact) mass is 491 g/mol. The fraction of sp³-hybridized carbons (Fsp3) is 0.324. The number of aryl methyl sites for hydroxylation is 1.